The summed E-state index contributed by atoms with van der Waals surface area (Å²) < 4.78 is 0. The van der Waals surface area contributed by atoms with Gasteiger partial charge in [-0.3, -0.25) is 0 Å². The highest BCUT2D eigenvalue weighted by Crippen LogP contribution is 2.47. The Kier molecular flexibility index (Phi) is 4.39. The molecule has 0 spiro atoms. The van der Waals surface area contributed by atoms with Crippen molar-refractivity contribution in [3.8, 4) is 0 Å². The summed E-state index contributed by atoms with van der Waals surface area (Å²) in [6, 6.07) is 0.617. The van der Waals surface area contributed by atoms with E-state index < -0.39 is 0 Å². The lowest BCUT2D eigenvalue weighted by Gasteiger charge is -2.20. The second kappa shape index (κ2) is 5.13. The summed E-state index contributed by atoms with van der Waals surface area (Å²) in [7, 11) is 0. The summed E-state index contributed by atoms with van der Waals surface area (Å²) in [5, 5.41) is 12.5. The van der Waals surface area contributed by atoms with E-state index in [9.17, 15) is 0 Å². The highest BCUT2D eigenvalue weighted by atomic mass is 16.3. The molecule has 1 aliphatic carbocycles. The molecular weight excluding hydrogens is 174 g/mol. The van der Waals surface area contributed by atoms with E-state index in [-0.39, 0.29) is 0 Å². The van der Waals surface area contributed by atoms with E-state index in [1.807, 2.05) is 0 Å². The van der Waals surface area contributed by atoms with Crippen molar-refractivity contribution in [2.75, 3.05) is 13.2 Å². The van der Waals surface area contributed by atoms with Crippen molar-refractivity contribution in [1.82, 2.24) is 5.32 Å². The van der Waals surface area contributed by atoms with Gasteiger partial charge < -0.3 is 10.4 Å². The third-order valence-electron chi connectivity index (χ3n) is 3.25. The number of aliphatic hydroxyl groups is 1. The minimum Gasteiger partial charge on any atom is -0.396 e. The van der Waals surface area contributed by atoms with Crippen LogP contribution in [0.3, 0.4) is 0 Å². The van der Waals surface area contributed by atoms with Gasteiger partial charge in [0.15, 0.2) is 0 Å². The highest BCUT2D eigenvalue weighted by molar-refractivity contribution is 4.94. The molecule has 1 aliphatic rings. The summed E-state index contributed by atoms with van der Waals surface area (Å²) in [6.45, 7) is 8.23. The van der Waals surface area contributed by atoms with Gasteiger partial charge in [0, 0.05) is 19.2 Å². The van der Waals surface area contributed by atoms with E-state index in [4.69, 9.17) is 5.11 Å². The molecule has 2 heteroatoms. The van der Waals surface area contributed by atoms with Crippen LogP contribution in [0.5, 0.6) is 0 Å². The van der Waals surface area contributed by atoms with E-state index in [2.05, 4.69) is 26.1 Å². The van der Waals surface area contributed by atoms with Gasteiger partial charge in [0.05, 0.1) is 0 Å². The number of aliphatic hydroxyl groups excluding tert-OH is 1. The molecule has 0 aliphatic heterocycles. The van der Waals surface area contributed by atoms with Gasteiger partial charge in [0.2, 0.25) is 0 Å². The topological polar surface area (TPSA) is 32.3 Å². The van der Waals surface area contributed by atoms with Crippen molar-refractivity contribution in [2.24, 2.45) is 11.3 Å². The van der Waals surface area contributed by atoms with Crippen molar-refractivity contribution in [1.29, 1.82) is 0 Å². The van der Waals surface area contributed by atoms with Gasteiger partial charge in [-0.15, -0.1) is 0 Å². The Morgan fingerprint density at radius 2 is 1.93 bits per heavy atom. The Morgan fingerprint density at radius 1 is 1.29 bits per heavy atom. The SMILES string of the molecule is CC(C)CC(C)NCC1(CCO)CC1. The maximum absolute atomic E-state index is 8.92. The molecule has 0 amide bonds. The second-order valence-corrected chi connectivity index (χ2v) is 5.39. The highest BCUT2D eigenvalue weighted by Gasteiger charge is 2.41. The standard InChI is InChI=1S/C12H25NO/c1-10(2)8-11(3)13-9-12(4-5-12)6-7-14/h10-11,13-14H,4-9H2,1-3H3. The van der Waals surface area contributed by atoms with Crippen LogP contribution in [0.1, 0.15) is 46.5 Å². The van der Waals surface area contributed by atoms with Gasteiger partial charge in [0.1, 0.15) is 0 Å². The van der Waals surface area contributed by atoms with Crippen molar-refractivity contribution in [3.05, 3.63) is 0 Å². The molecule has 1 fully saturated rings. The summed E-state index contributed by atoms with van der Waals surface area (Å²) in [5.41, 5.74) is 0.458. The normalized spacial score (nSPS) is 21.2. The molecule has 0 aromatic heterocycles. The molecule has 84 valence electrons. The molecule has 0 heterocycles. The first kappa shape index (κ1) is 12.0. The van der Waals surface area contributed by atoms with Crippen molar-refractivity contribution >= 4 is 0 Å². The molecule has 14 heavy (non-hydrogen) atoms. The Bertz CT molecular complexity index is 164. The quantitative estimate of drug-likeness (QED) is 0.658. The number of hydrogen-bond donors (Lipinski definition) is 2. The largest absolute Gasteiger partial charge is 0.396 e. The molecule has 1 unspecified atom stereocenters. The number of rotatable bonds is 7. The van der Waals surface area contributed by atoms with Crippen molar-refractivity contribution in [2.45, 2.75) is 52.5 Å². The van der Waals surface area contributed by atoms with Crippen LogP contribution in [0.25, 0.3) is 0 Å². The lowest BCUT2D eigenvalue weighted by molar-refractivity contribution is 0.241. The fraction of sp³-hybridized carbons (Fsp3) is 1.00. The molecule has 0 aromatic rings. The summed E-state index contributed by atoms with van der Waals surface area (Å²) in [6.07, 6.45) is 4.83. The first-order chi connectivity index (χ1) is 6.58. The maximum atomic E-state index is 8.92. The molecule has 2 nitrogen and oxygen atoms in total. The predicted molar refractivity (Wildman–Crippen MR) is 60.3 cm³/mol. The first-order valence-corrected chi connectivity index (χ1v) is 5.92. The minimum absolute atomic E-state index is 0.347. The lowest BCUT2D eigenvalue weighted by Crippen LogP contribution is -2.33. The third kappa shape index (κ3) is 3.97. The van der Waals surface area contributed by atoms with Crippen molar-refractivity contribution < 1.29 is 5.11 Å². The van der Waals surface area contributed by atoms with Crippen molar-refractivity contribution in [3.63, 3.8) is 0 Å². The zero-order valence-corrected chi connectivity index (χ0v) is 9.84. The Labute approximate surface area is 88.1 Å². The van der Waals surface area contributed by atoms with Gasteiger partial charge in [-0.2, -0.15) is 0 Å². The van der Waals surface area contributed by atoms with Crippen LogP contribution in [0.15, 0.2) is 0 Å². The average molecular weight is 199 g/mol. The molecule has 0 aromatic carbocycles. The summed E-state index contributed by atoms with van der Waals surface area (Å²) >= 11 is 0. The molecule has 1 atom stereocenters. The van der Waals surface area contributed by atoms with Gasteiger partial charge in [0.25, 0.3) is 0 Å². The van der Waals surface area contributed by atoms with Crippen LogP contribution in [0, 0.1) is 11.3 Å². The predicted octanol–water partition coefficient (Wildman–Crippen LogP) is 2.17. The average Bonchev–Trinajstić information content (AvgIpc) is 2.82. The molecule has 2 N–H and O–H groups in total. The van der Waals surface area contributed by atoms with Crippen LogP contribution >= 0.6 is 0 Å². The van der Waals surface area contributed by atoms with Gasteiger partial charge in [-0.25, -0.2) is 0 Å². The smallest absolute Gasteiger partial charge is 0.0436 e. The zero-order valence-electron chi connectivity index (χ0n) is 9.84. The lowest BCUT2D eigenvalue weighted by atomic mass is 10.0. The molecule has 0 saturated heterocycles. The van der Waals surface area contributed by atoms with Crippen LogP contribution in [0.4, 0.5) is 0 Å². The summed E-state index contributed by atoms with van der Waals surface area (Å²) in [4.78, 5) is 0. The molecule has 0 radical (unpaired) electrons. The van der Waals surface area contributed by atoms with Crippen LogP contribution < -0.4 is 5.32 Å². The number of hydrogen-bond acceptors (Lipinski definition) is 2. The first-order valence-electron chi connectivity index (χ1n) is 5.92. The van der Waals surface area contributed by atoms with E-state index in [1.54, 1.807) is 0 Å². The fourth-order valence-electron chi connectivity index (χ4n) is 2.11. The Morgan fingerprint density at radius 3 is 2.36 bits per heavy atom. The van der Waals surface area contributed by atoms with Crippen LogP contribution in [0.2, 0.25) is 0 Å². The number of nitrogens with one attached hydrogen (secondary N) is 1. The minimum atomic E-state index is 0.347. The van der Waals surface area contributed by atoms with Gasteiger partial charge in [-0.1, -0.05) is 13.8 Å². The zero-order chi connectivity index (χ0) is 10.6. The Hall–Kier alpha value is -0.0800. The van der Waals surface area contributed by atoms with Gasteiger partial charge >= 0.3 is 0 Å². The fourth-order valence-corrected chi connectivity index (χ4v) is 2.11. The molecular formula is C12H25NO. The molecule has 1 saturated carbocycles. The second-order valence-electron chi connectivity index (χ2n) is 5.39. The van der Waals surface area contributed by atoms with E-state index >= 15 is 0 Å². The van der Waals surface area contributed by atoms with Gasteiger partial charge in [-0.05, 0) is 43.9 Å². The van der Waals surface area contributed by atoms with E-state index in [0.29, 0.717) is 18.1 Å². The monoisotopic (exact) mass is 199 g/mol. The van der Waals surface area contributed by atoms with E-state index in [0.717, 1.165) is 18.9 Å². The van der Waals surface area contributed by atoms with Crippen LogP contribution in [-0.4, -0.2) is 24.3 Å². The van der Waals surface area contributed by atoms with E-state index in [1.165, 1.54) is 19.3 Å². The molecule has 0 bridgehead atoms. The summed E-state index contributed by atoms with van der Waals surface area (Å²) in [5.74, 6) is 0.769. The molecule has 1 rings (SSSR count). The third-order valence-corrected chi connectivity index (χ3v) is 3.25. The maximum Gasteiger partial charge on any atom is 0.0436 e. The van der Waals surface area contributed by atoms with Crippen LogP contribution in [-0.2, 0) is 0 Å². The Balaban J connectivity index is 2.13.